The van der Waals surface area contributed by atoms with Crippen molar-refractivity contribution >= 4 is 5.78 Å². The first-order valence-electron chi connectivity index (χ1n) is 5.98. The molecule has 0 saturated heterocycles. The third-order valence-electron chi connectivity index (χ3n) is 3.20. The Labute approximate surface area is 107 Å². The maximum absolute atomic E-state index is 11.6. The molecule has 0 spiro atoms. The lowest BCUT2D eigenvalue weighted by atomic mass is 10.1. The second kappa shape index (κ2) is 5.19. The van der Waals surface area contributed by atoms with Crippen LogP contribution in [0.3, 0.4) is 0 Å². The van der Waals surface area contributed by atoms with E-state index in [-0.39, 0.29) is 5.78 Å². The van der Waals surface area contributed by atoms with E-state index in [2.05, 4.69) is 16.7 Å². The molecule has 0 unspecified atom stereocenters. The molecule has 18 heavy (non-hydrogen) atoms. The van der Waals surface area contributed by atoms with E-state index in [0.717, 1.165) is 17.9 Å². The number of Topliss-reactive ketones (excluding diaryl/α,β-unsaturated/α-hetero) is 1. The summed E-state index contributed by atoms with van der Waals surface area (Å²) in [4.78, 5) is 11.6. The van der Waals surface area contributed by atoms with Crippen molar-refractivity contribution < 1.29 is 9.90 Å². The topological polar surface area (TPSA) is 42.2 Å². The van der Waals surface area contributed by atoms with E-state index >= 15 is 0 Å². The Morgan fingerprint density at radius 1 is 1.22 bits per heavy atom. The Kier molecular flexibility index (Phi) is 3.63. The van der Waals surface area contributed by atoms with E-state index in [4.69, 9.17) is 5.11 Å². The summed E-state index contributed by atoms with van der Waals surface area (Å²) < 4.78 is 2.10. The highest BCUT2D eigenvalue weighted by atomic mass is 16.3. The van der Waals surface area contributed by atoms with Crippen LogP contribution in [-0.2, 0) is 6.54 Å². The van der Waals surface area contributed by atoms with Crippen molar-refractivity contribution in [3.05, 3.63) is 58.9 Å². The number of nitrogens with zero attached hydrogens (tertiary/aromatic N) is 1. The molecular formula is C15H17NO2. The van der Waals surface area contributed by atoms with E-state index in [9.17, 15) is 4.79 Å². The molecule has 0 aliphatic carbocycles. The number of aryl methyl sites for hydroxylation is 1. The van der Waals surface area contributed by atoms with E-state index in [1.165, 1.54) is 5.56 Å². The van der Waals surface area contributed by atoms with Gasteiger partial charge in [0.15, 0.2) is 5.78 Å². The average molecular weight is 243 g/mol. The molecule has 1 heterocycles. The van der Waals surface area contributed by atoms with Gasteiger partial charge < -0.3 is 9.67 Å². The van der Waals surface area contributed by atoms with Gasteiger partial charge in [-0.25, -0.2) is 0 Å². The Morgan fingerprint density at radius 2 is 1.89 bits per heavy atom. The first kappa shape index (κ1) is 12.6. The molecule has 0 bridgehead atoms. The summed E-state index contributed by atoms with van der Waals surface area (Å²) in [5, 5.41) is 8.94. The summed E-state index contributed by atoms with van der Waals surface area (Å²) >= 11 is 0. The van der Waals surface area contributed by atoms with Gasteiger partial charge in [0.05, 0.1) is 0 Å². The molecule has 3 nitrogen and oxygen atoms in total. The predicted molar refractivity (Wildman–Crippen MR) is 70.9 cm³/mol. The second-order valence-corrected chi connectivity index (χ2v) is 4.44. The lowest BCUT2D eigenvalue weighted by Gasteiger charge is -2.09. The van der Waals surface area contributed by atoms with Crippen LogP contribution < -0.4 is 0 Å². The van der Waals surface area contributed by atoms with E-state index in [1.54, 1.807) is 0 Å². The predicted octanol–water partition coefficient (Wildman–Crippen LogP) is 2.33. The SMILES string of the molecule is Cc1cc(C(=O)CO)c(C)n1Cc1ccccc1. The normalized spacial score (nSPS) is 10.6. The van der Waals surface area contributed by atoms with Gasteiger partial charge >= 0.3 is 0 Å². The van der Waals surface area contributed by atoms with Gasteiger partial charge in [0.2, 0.25) is 0 Å². The first-order chi connectivity index (χ1) is 8.63. The molecule has 1 N–H and O–H groups in total. The molecule has 0 radical (unpaired) electrons. The van der Waals surface area contributed by atoms with Crippen LogP contribution in [0.2, 0.25) is 0 Å². The largest absolute Gasteiger partial charge is 0.388 e. The highest BCUT2D eigenvalue weighted by molar-refractivity contribution is 5.98. The zero-order valence-corrected chi connectivity index (χ0v) is 10.7. The maximum atomic E-state index is 11.6. The summed E-state index contributed by atoms with van der Waals surface area (Å²) in [7, 11) is 0. The van der Waals surface area contributed by atoms with Crippen molar-refractivity contribution in [1.29, 1.82) is 0 Å². The molecule has 94 valence electrons. The smallest absolute Gasteiger partial charge is 0.189 e. The van der Waals surface area contributed by atoms with Gasteiger partial charge in [-0.15, -0.1) is 0 Å². The molecule has 3 heteroatoms. The molecular weight excluding hydrogens is 226 g/mol. The van der Waals surface area contributed by atoms with Crippen LogP contribution in [0.25, 0.3) is 0 Å². The highest BCUT2D eigenvalue weighted by Gasteiger charge is 2.14. The number of ketones is 1. The zero-order valence-electron chi connectivity index (χ0n) is 10.7. The maximum Gasteiger partial charge on any atom is 0.189 e. The van der Waals surface area contributed by atoms with Gasteiger partial charge in [-0.05, 0) is 25.5 Å². The number of hydrogen-bond acceptors (Lipinski definition) is 2. The van der Waals surface area contributed by atoms with Crippen molar-refractivity contribution in [3.8, 4) is 0 Å². The van der Waals surface area contributed by atoms with Crippen molar-refractivity contribution in [2.75, 3.05) is 6.61 Å². The van der Waals surface area contributed by atoms with Crippen molar-refractivity contribution in [1.82, 2.24) is 4.57 Å². The Morgan fingerprint density at radius 3 is 2.50 bits per heavy atom. The first-order valence-corrected chi connectivity index (χ1v) is 5.98. The molecule has 0 amide bonds. The minimum absolute atomic E-state index is 0.220. The molecule has 0 atom stereocenters. The fraction of sp³-hybridized carbons (Fsp3) is 0.267. The minimum atomic E-state index is -0.435. The fourth-order valence-corrected chi connectivity index (χ4v) is 2.18. The second-order valence-electron chi connectivity index (χ2n) is 4.44. The van der Waals surface area contributed by atoms with E-state index in [1.807, 2.05) is 38.1 Å². The van der Waals surface area contributed by atoms with Gasteiger partial charge in [0.1, 0.15) is 6.61 Å². The third-order valence-corrected chi connectivity index (χ3v) is 3.20. The Balaban J connectivity index is 2.34. The molecule has 1 aromatic heterocycles. The molecule has 0 aliphatic rings. The number of aromatic nitrogens is 1. The molecule has 0 fully saturated rings. The van der Waals surface area contributed by atoms with Gasteiger partial charge in [0.25, 0.3) is 0 Å². The third kappa shape index (κ3) is 2.36. The van der Waals surface area contributed by atoms with Gasteiger partial charge in [-0.1, -0.05) is 30.3 Å². The zero-order chi connectivity index (χ0) is 13.1. The van der Waals surface area contributed by atoms with Crippen LogP contribution in [0, 0.1) is 13.8 Å². The van der Waals surface area contributed by atoms with Crippen LogP contribution in [0.4, 0.5) is 0 Å². The van der Waals surface area contributed by atoms with E-state index < -0.39 is 6.61 Å². The summed E-state index contributed by atoms with van der Waals surface area (Å²) in [6, 6.07) is 12.0. The average Bonchev–Trinajstić information content (AvgIpc) is 2.67. The van der Waals surface area contributed by atoms with Crippen molar-refractivity contribution in [2.45, 2.75) is 20.4 Å². The lowest BCUT2D eigenvalue weighted by molar-refractivity contribution is 0.0903. The lowest BCUT2D eigenvalue weighted by Crippen LogP contribution is -2.08. The van der Waals surface area contributed by atoms with Crippen LogP contribution >= 0.6 is 0 Å². The van der Waals surface area contributed by atoms with Gasteiger partial charge in [-0.3, -0.25) is 4.79 Å². The summed E-state index contributed by atoms with van der Waals surface area (Å²) in [6.07, 6.45) is 0. The van der Waals surface area contributed by atoms with Crippen LogP contribution in [0.15, 0.2) is 36.4 Å². The molecule has 2 aromatic rings. The number of aliphatic hydroxyl groups is 1. The molecule has 2 rings (SSSR count). The molecule has 0 aliphatic heterocycles. The Hall–Kier alpha value is -1.87. The molecule has 0 saturated carbocycles. The molecule has 1 aromatic carbocycles. The number of carbonyl (C=O) groups is 1. The Bertz CT molecular complexity index is 555. The van der Waals surface area contributed by atoms with Crippen molar-refractivity contribution in [3.63, 3.8) is 0 Å². The number of hydrogen-bond donors (Lipinski definition) is 1. The fourth-order valence-electron chi connectivity index (χ4n) is 2.18. The standard InChI is InChI=1S/C15H17NO2/c1-11-8-14(15(18)10-17)12(2)16(11)9-13-6-4-3-5-7-13/h3-8,17H,9-10H2,1-2H3. The number of benzene rings is 1. The van der Waals surface area contributed by atoms with E-state index in [0.29, 0.717) is 5.56 Å². The summed E-state index contributed by atoms with van der Waals surface area (Å²) in [5.74, 6) is -0.220. The van der Waals surface area contributed by atoms with Gasteiger partial charge in [0, 0.05) is 23.5 Å². The van der Waals surface area contributed by atoms with Crippen LogP contribution in [-0.4, -0.2) is 22.1 Å². The monoisotopic (exact) mass is 243 g/mol. The van der Waals surface area contributed by atoms with Crippen molar-refractivity contribution in [2.24, 2.45) is 0 Å². The van der Waals surface area contributed by atoms with Gasteiger partial charge in [-0.2, -0.15) is 0 Å². The van der Waals surface area contributed by atoms with Crippen LogP contribution in [0.5, 0.6) is 0 Å². The van der Waals surface area contributed by atoms with Crippen LogP contribution in [0.1, 0.15) is 27.3 Å². The number of rotatable bonds is 4. The number of carbonyl (C=O) groups excluding carboxylic acids is 1. The summed E-state index contributed by atoms with van der Waals surface area (Å²) in [5.41, 5.74) is 3.76. The summed E-state index contributed by atoms with van der Waals surface area (Å²) in [6.45, 7) is 4.20. The number of aliphatic hydroxyl groups excluding tert-OH is 1. The minimum Gasteiger partial charge on any atom is -0.388 e. The quantitative estimate of drug-likeness (QED) is 0.837. The highest BCUT2D eigenvalue weighted by Crippen LogP contribution is 2.17.